The third-order valence-corrected chi connectivity index (χ3v) is 6.20. The van der Waals surface area contributed by atoms with Crippen molar-refractivity contribution in [2.45, 2.75) is 83.5 Å². The van der Waals surface area contributed by atoms with Crippen LogP contribution in [0.15, 0.2) is 12.2 Å². The molecule has 0 radical (unpaired) electrons. The lowest BCUT2D eigenvalue weighted by atomic mass is 10.1. The van der Waals surface area contributed by atoms with Crippen LogP contribution >= 0.6 is 12.6 Å². The molecule has 7 nitrogen and oxygen atoms in total. The molecule has 0 fully saturated rings. The Bertz CT molecular complexity index is 528. The first-order valence-corrected chi connectivity index (χ1v) is 14.3. The van der Waals surface area contributed by atoms with Crippen LogP contribution < -0.4 is 0 Å². The summed E-state index contributed by atoms with van der Waals surface area (Å²) in [5, 5.41) is 0. The highest BCUT2D eigenvalue weighted by atomic mass is 32.1. The fourth-order valence-corrected chi connectivity index (χ4v) is 4.02. The van der Waals surface area contributed by atoms with Crippen molar-refractivity contribution in [1.29, 1.82) is 0 Å². The van der Waals surface area contributed by atoms with Crippen molar-refractivity contribution < 1.29 is 28.5 Å². The molecule has 1 heterocycles. The first kappa shape index (κ1) is 32.1. The number of imide groups is 1. The molecule has 8 heteroatoms. The van der Waals surface area contributed by atoms with Crippen LogP contribution in [0.4, 0.5) is 0 Å². The fraction of sp³-hybridized carbons (Fsp3) is 0.852. The molecule has 0 saturated carbocycles. The van der Waals surface area contributed by atoms with Gasteiger partial charge < -0.3 is 18.9 Å². The number of thiol groups is 1. The Kier molecular flexibility index (Phi) is 22.7. The Morgan fingerprint density at radius 1 is 0.486 bits per heavy atom. The second kappa shape index (κ2) is 24.8. The standard InChI is InChI=1S/C27H49NO6S/c29-26-14-15-27(30)28(26)16-10-7-5-3-1-2-4-6-8-11-17-31-19-21-33-23-24-34-22-20-32-18-12-9-13-25-35/h14-15,35H,1-13,16-25H2. The van der Waals surface area contributed by atoms with Crippen molar-refractivity contribution in [3.05, 3.63) is 12.2 Å². The van der Waals surface area contributed by atoms with E-state index in [2.05, 4.69) is 12.6 Å². The van der Waals surface area contributed by atoms with Crippen LogP contribution in [0.3, 0.4) is 0 Å². The van der Waals surface area contributed by atoms with Crippen LogP contribution in [-0.4, -0.2) is 81.9 Å². The molecular weight excluding hydrogens is 466 g/mol. The maximum atomic E-state index is 11.5. The van der Waals surface area contributed by atoms with Gasteiger partial charge in [0.2, 0.25) is 0 Å². The minimum absolute atomic E-state index is 0.168. The van der Waals surface area contributed by atoms with Crippen LogP contribution in [0.5, 0.6) is 0 Å². The number of ether oxygens (including phenoxy) is 4. The summed E-state index contributed by atoms with van der Waals surface area (Å²) in [6, 6.07) is 0. The lowest BCUT2D eigenvalue weighted by molar-refractivity contribution is -0.136. The number of hydrogen-bond donors (Lipinski definition) is 1. The molecule has 0 spiro atoms. The molecule has 0 aromatic carbocycles. The number of carbonyl (C=O) groups excluding carboxylic acids is 2. The zero-order valence-electron chi connectivity index (χ0n) is 21.8. The maximum Gasteiger partial charge on any atom is 0.253 e. The van der Waals surface area contributed by atoms with Crippen molar-refractivity contribution in [3.8, 4) is 0 Å². The smallest absolute Gasteiger partial charge is 0.253 e. The molecule has 1 aliphatic rings. The average Bonchev–Trinajstić information content (AvgIpc) is 3.18. The summed E-state index contributed by atoms with van der Waals surface area (Å²) in [6.07, 6.45) is 18.0. The lowest BCUT2D eigenvalue weighted by Crippen LogP contribution is -2.30. The van der Waals surface area contributed by atoms with Gasteiger partial charge in [-0.1, -0.05) is 57.8 Å². The van der Waals surface area contributed by atoms with Crippen LogP contribution in [0.2, 0.25) is 0 Å². The summed E-state index contributed by atoms with van der Waals surface area (Å²) in [5.41, 5.74) is 0. The predicted octanol–water partition coefficient (Wildman–Crippen LogP) is 4.98. The highest BCUT2D eigenvalue weighted by molar-refractivity contribution is 7.80. The third-order valence-electron chi connectivity index (χ3n) is 5.88. The Morgan fingerprint density at radius 3 is 1.26 bits per heavy atom. The monoisotopic (exact) mass is 515 g/mol. The van der Waals surface area contributed by atoms with Crippen molar-refractivity contribution in [2.24, 2.45) is 0 Å². The van der Waals surface area contributed by atoms with Gasteiger partial charge in [-0.25, -0.2) is 0 Å². The van der Waals surface area contributed by atoms with E-state index in [9.17, 15) is 9.59 Å². The molecule has 1 aliphatic heterocycles. The van der Waals surface area contributed by atoms with Crippen LogP contribution in [0.1, 0.15) is 83.5 Å². The number of unbranched alkanes of at least 4 members (excludes halogenated alkanes) is 11. The van der Waals surface area contributed by atoms with E-state index in [-0.39, 0.29) is 11.8 Å². The van der Waals surface area contributed by atoms with E-state index in [1.807, 2.05) is 0 Å². The summed E-state index contributed by atoms with van der Waals surface area (Å²) < 4.78 is 22.1. The van der Waals surface area contributed by atoms with E-state index in [1.165, 1.54) is 68.4 Å². The van der Waals surface area contributed by atoms with E-state index < -0.39 is 0 Å². The van der Waals surface area contributed by atoms with Gasteiger partial charge in [0.15, 0.2) is 0 Å². The molecule has 2 amide bonds. The Balaban J connectivity index is 1.65. The highest BCUT2D eigenvalue weighted by Gasteiger charge is 2.21. The summed E-state index contributed by atoms with van der Waals surface area (Å²) >= 11 is 4.19. The third kappa shape index (κ3) is 19.9. The van der Waals surface area contributed by atoms with Gasteiger partial charge >= 0.3 is 0 Å². The minimum atomic E-state index is -0.168. The lowest BCUT2D eigenvalue weighted by Gasteiger charge is -2.13. The number of hydrogen-bond acceptors (Lipinski definition) is 7. The first-order chi connectivity index (χ1) is 17.3. The van der Waals surface area contributed by atoms with Gasteiger partial charge in [-0.05, 0) is 31.4 Å². The molecule has 204 valence electrons. The molecule has 0 unspecified atom stereocenters. The molecule has 35 heavy (non-hydrogen) atoms. The van der Waals surface area contributed by atoms with Crippen LogP contribution in [0.25, 0.3) is 0 Å². The number of carbonyl (C=O) groups is 2. The van der Waals surface area contributed by atoms with Crippen molar-refractivity contribution in [1.82, 2.24) is 4.90 Å². The Morgan fingerprint density at radius 2 is 0.829 bits per heavy atom. The zero-order valence-corrected chi connectivity index (χ0v) is 22.7. The van der Waals surface area contributed by atoms with Crippen LogP contribution in [-0.2, 0) is 28.5 Å². The normalized spacial score (nSPS) is 13.5. The van der Waals surface area contributed by atoms with Crippen molar-refractivity contribution in [2.75, 3.05) is 65.2 Å². The van der Waals surface area contributed by atoms with Gasteiger partial charge in [0.25, 0.3) is 11.8 Å². The van der Waals surface area contributed by atoms with E-state index in [0.717, 1.165) is 51.1 Å². The van der Waals surface area contributed by atoms with Gasteiger partial charge in [-0.15, -0.1) is 0 Å². The van der Waals surface area contributed by atoms with Crippen molar-refractivity contribution >= 4 is 24.4 Å². The van der Waals surface area contributed by atoms with E-state index >= 15 is 0 Å². The summed E-state index contributed by atoms with van der Waals surface area (Å²) in [5.74, 6) is 0.615. The SMILES string of the molecule is O=C1C=CC(=O)N1CCCCCCCCCCCCOCCOCCOCCOCCCCCS. The average molecular weight is 516 g/mol. The molecule has 1 rings (SSSR count). The number of amides is 2. The van der Waals surface area contributed by atoms with E-state index in [0.29, 0.717) is 46.2 Å². The fourth-order valence-electron chi connectivity index (χ4n) is 3.79. The first-order valence-electron chi connectivity index (χ1n) is 13.7. The molecule has 0 N–H and O–H groups in total. The largest absolute Gasteiger partial charge is 0.379 e. The maximum absolute atomic E-state index is 11.5. The van der Waals surface area contributed by atoms with E-state index in [1.54, 1.807) is 0 Å². The molecular formula is C27H49NO6S. The second-order valence-corrected chi connectivity index (χ2v) is 9.38. The molecule has 0 saturated heterocycles. The van der Waals surface area contributed by atoms with E-state index in [4.69, 9.17) is 18.9 Å². The van der Waals surface area contributed by atoms with Gasteiger partial charge in [0.05, 0.1) is 39.6 Å². The van der Waals surface area contributed by atoms with Gasteiger partial charge in [0, 0.05) is 31.9 Å². The topological polar surface area (TPSA) is 74.3 Å². The van der Waals surface area contributed by atoms with Gasteiger partial charge in [0.1, 0.15) is 0 Å². The Labute approximate surface area is 218 Å². The van der Waals surface area contributed by atoms with Gasteiger partial charge in [-0.2, -0.15) is 12.6 Å². The highest BCUT2D eigenvalue weighted by Crippen LogP contribution is 2.12. The molecule has 0 bridgehead atoms. The van der Waals surface area contributed by atoms with Crippen molar-refractivity contribution in [3.63, 3.8) is 0 Å². The quantitative estimate of drug-likeness (QED) is 0.0945. The molecule has 0 atom stereocenters. The molecule has 0 aromatic rings. The second-order valence-electron chi connectivity index (χ2n) is 8.93. The summed E-state index contributed by atoms with van der Waals surface area (Å²) in [4.78, 5) is 24.2. The number of nitrogens with zero attached hydrogens (tertiary/aromatic N) is 1. The van der Waals surface area contributed by atoms with Crippen LogP contribution in [0, 0.1) is 0 Å². The zero-order chi connectivity index (χ0) is 25.2. The number of rotatable bonds is 27. The summed E-state index contributed by atoms with van der Waals surface area (Å²) in [6.45, 7) is 5.90. The summed E-state index contributed by atoms with van der Waals surface area (Å²) in [7, 11) is 0. The minimum Gasteiger partial charge on any atom is -0.379 e. The Hall–Kier alpha value is -0.930. The predicted molar refractivity (Wildman–Crippen MR) is 143 cm³/mol. The molecule has 0 aliphatic carbocycles. The molecule has 0 aromatic heterocycles. The van der Waals surface area contributed by atoms with Gasteiger partial charge in [-0.3, -0.25) is 14.5 Å².